The van der Waals surface area contributed by atoms with Crippen LogP contribution >= 0.6 is 11.6 Å². The maximum atomic E-state index is 6.69. The number of aryl methyl sites for hydroxylation is 1. The van der Waals surface area contributed by atoms with Crippen LogP contribution in [-0.4, -0.2) is 19.7 Å². The number of benzene rings is 2. The summed E-state index contributed by atoms with van der Waals surface area (Å²) in [5, 5.41) is -0.108. The molecule has 0 N–H and O–H groups in total. The summed E-state index contributed by atoms with van der Waals surface area (Å²) in [6.45, 7) is 8.58. The van der Waals surface area contributed by atoms with Crippen molar-refractivity contribution in [1.29, 1.82) is 0 Å². The van der Waals surface area contributed by atoms with Gasteiger partial charge in [0.25, 0.3) is 0 Å². The minimum absolute atomic E-state index is 0.108. The summed E-state index contributed by atoms with van der Waals surface area (Å²) in [4.78, 5) is 2.30. The SMILES string of the molecule is CCOc1ccccc1C(Cl)CN(CC)c1cccc(C)c1. The second-order valence-corrected chi connectivity index (χ2v) is 5.84. The number of anilines is 1. The van der Waals surface area contributed by atoms with Gasteiger partial charge < -0.3 is 9.64 Å². The van der Waals surface area contributed by atoms with Crippen LogP contribution < -0.4 is 9.64 Å². The van der Waals surface area contributed by atoms with E-state index >= 15 is 0 Å². The Bertz CT molecular complexity index is 599. The van der Waals surface area contributed by atoms with Gasteiger partial charge >= 0.3 is 0 Å². The number of para-hydroxylation sites is 1. The second-order valence-electron chi connectivity index (χ2n) is 5.32. The summed E-state index contributed by atoms with van der Waals surface area (Å²) in [6.07, 6.45) is 0. The topological polar surface area (TPSA) is 12.5 Å². The van der Waals surface area contributed by atoms with Crippen molar-refractivity contribution in [2.24, 2.45) is 0 Å². The van der Waals surface area contributed by atoms with Crippen molar-refractivity contribution in [3.8, 4) is 5.75 Å². The predicted molar refractivity (Wildman–Crippen MR) is 95.3 cm³/mol. The zero-order chi connectivity index (χ0) is 15.9. The lowest BCUT2D eigenvalue weighted by Gasteiger charge is -2.27. The highest BCUT2D eigenvalue weighted by molar-refractivity contribution is 6.21. The van der Waals surface area contributed by atoms with Crippen LogP contribution in [0.1, 0.15) is 30.4 Å². The third-order valence-corrected chi connectivity index (χ3v) is 4.06. The molecule has 1 atom stereocenters. The lowest BCUT2D eigenvalue weighted by molar-refractivity contribution is 0.336. The summed E-state index contributed by atoms with van der Waals surface area (Å²) < 4.78 is 5.70. The molecule has 2 aromatic rings. The van der Waals surface area contributed by atoms with Crippen LogP contribution in [0.25, 0.3) is 0 Å². The first-order valence-electron chi connectivity index (χ1n) is 7.83. The van der Waals surface area contributed by atoms with Gasteiger partial charge in [-0.05, 0) is 44.5 Å². The van der Waals surface area contributed by atoms with E-state index in [1.54, 1.807) is 0 Å². The number of rotatable bonds is 7. The average Bonchev–Trinajstić information content (AvgIpc) is 2.53. The Labute approximate surface area is 138 Å². The molecular weight excluding hydrogens is 294 g/mol. The van der Waals surface area contributed by atoms with Crippen LogP contribution in [0.5, 0.6) is 5.75 Å². The van der Waals surface area contributed by atoms with E-state index in [9.17, 15) is 0 Å². The normalized spacial score (nSPS) is 12.0. The van der Waals surface area contributed by atoms with E-state index in [0.29, 0.717) is 6.61 Å². The summed E-state index contributed by atoms with van der Waals surface area (Å²) in [5.74, 6) is 0.880. The Morgan fingerprint density at radius 2 is 1.86 bits per heavy atom. The molecule has 0 heterocycles. The van der Waals surface area contributed by atoms with Crippen LogP contribution in [0.15, 0.2) is 48.5 Å². The Morgan fingerprint density at radius 3 is 2.55 bits per heavy atom. The van der Waals surface area contributed by atoms with Crippen molar-refractivity contribution < 1.29 is 4.74 Å². The molecule has 0 aromatic heterocycles. The van der Waals surface area contributed by atoms with Crippen molar-refractivity contribution in [1.82, 2.24) is 0 Å². The summed E-state index contributed by atoms with van der Waals surface area (Å²) in [7, 11) is 0. The number of hydrogen-bond acceptors (Lipinski definition) is 2. The molecule has 3 heteroatoms. The highest BCUT2D eigenvalue weighted by Crippen LogP contribution is 2.31. The van der Waals surface area contributed by atoms with Gasteiger partial charge in [-0.3, -0.25) is 0 Å². The molecule has 0 saturated carbocycles. The van der Waals surface area contributed by atoms with Gasteiger partial charge in [0.2, 0.25) is 0 Å². The van der Waals surface area contributed by atoms with Gasteiger partial charge in [-0.1, -0.05) is 30.3 Å². The zero-order valence-corrected chi connectivity index (χ0v) is 14.3. The second kappa shape index (κ2) is 8.09. The monoisotopic (exact) mass is 317 g/mol. The van der Waals surface area contributed by atoms with E-state index in [4.69, 9.17) is 16.3 Å². The Balaban J connectivity index is 2.17. The molecule has 2 nitrogen and oxygen atoms in total. The molecule has 0 aliphatic heterocycles. The maximum absolute atomic E-state index is 6.69. The largest absolute Gasteiger partial charge is 0.494 e. The van der Waals surface area contributed by atoms with Gasteiger partial charge in [-0.2, -0.15) is 0 Å². The maximum Gasteiger partial charge on any atom is 0.124 e. The molecule has 22 heavy (non-hydrogen) atoms. The predicted octanol–water partition coefficient (Wildman–Crippen LogP) is 5.20. The van der Waals surface area contributed by atoms with Gasteiger partial charge in [-0.15, -0.1) is 11.6 Å². The number of halogens is 1. The van der Waals surface area contributed by atoms with Crippen molar-refractivity contribution in [3.63, 3.8) is 0 Å². The fourth-order valence-corrected chi connectivity index (χ4v) is 2.91. The average molecular weight is 318 g/mol. The highest BCUT2D eigenvalue weighted by Gasteiger charge is 2.17. The first-order chi connectivity index (χ1) is 10.7. The van der Waals surface area contributed by atoms with Gasteiger partial charge in [0.15, 0.2) is 0 Å². The van der Waals surface area contributed by atoms with Crippen LogP contribution in [0.2, 0.25) is 0 Å². The molecule has 0 aliphatic rings. The fraction of sp³-hybridized carbons (Fsp3) is 0.368. The summed E-state index contributed by atoms with van der Waals surface area (Å²) in [6, 6.07) is 16.6. The molecule has 0 saturated heterocycles. The molecule has 0 aliphatic carbocycles. The minimum atomic E-state index is -0.108. The van der Waals surface area contributed by atoms with Crippen molar-refractivity contribution >= 4 is 17.3 Å². The van der Waals surface area contributed by atoms with Gasteiger partial charge in [-0.25, -0.2) is 0 Å². The number of ether oxygens (including phenoxy) is 1. The first kappa shape index (κ1) is 16.7. The van der Waals surface area contributed by atoms with E-state index < -0.39 is 0 Å². The zero-order valence-electron chi connectivity index (χ0n) is 13.6. The van der Waals surface area contributed by atoms with Gasteiger partial charge in [0, 0.05) is 24.3 Å². The molecule has 0 bridgehead atoms. The van der Waals surface area contributed by atoms with E-state index in [-0.39, 0.29) is 5.38 Å². The smallest absolute Gasteiger partial charge is 0.124 e. The molecule has 0 amide bonds. The van der Waals surface area contributed by atoms with E-state index in [1.807, 2.05) is 31.2 Å². The van der Waals surface area contributed by atoms with Crippen LogP contribution in [0, 0.1) is 6.92 Å². The highest BCUT2D eigenvalue weighted by atomic mass is 35.5. The van der Waals surface area contributed by atoms with Crippen LogP contribution in [0.4, 0.5) is 5.69 Å². The summed E-state index contributed by atoms with van der Waals surface area (Å²) in [5.41, 5.74) is 3.52. The number of alkyl halides is 1. The molecule has 2 aromatic carbocycles. The molecule has 0 fully saturated rings. The molecular formula is C19H24ClNO. The van der Waals surface area contributed by atoms with Crippen molar-refractivity contribution in [3.05, 3.63) is 59.7 Å². The molecule has 1 unspecified atom stereocenters. The van der Waals surface area contributed by atoms with Gasteiger partial charge in [0.1, 0.15) is 5.75 Å². The Kier molecular flexibility index (Phi) is 6.14. The molecule has 2 rings (SSSR count). The number of hydrogen-bond donors (Lipinski definition) is 0. The molecule has 118 valence electrons. The van der Waals surface area contributed by atoms with E-state index in [1.165, 1.54) is 11.3 Å². The standard InChI is InChI=1S/C19H24ClNO/c1-4-21(16-10-8-9-15(3)13-16)14-18(20)17-11-6-7-12-19(17)22-5-2/h6-13,18H,4-5,14H2,1-3H3. The Morgan fingerprint density at radius 1 is 1.09 bits per heavy atom. The molecule has 0 radical (unpaired) electrons. The van der Waals surface area contributed by atoms with Gasteiger partial charge in [0.05, 0.1) is 12.0 Å². The first-order valence-corrected chi connectivity index (χ1v) is 8.26. The molecule has 0 spiro atoms. The van der Waals surface area contributed by atoms with Crippen LogP contribution in [-0.2, 0) is 0 Å². The van der Waals surface area contributed by atoms with Crippen LogP contribution in [0.3, 0.4) is 0 Å². The van der Waals surface area contributed by atoms with Crippen molar-refractivity contribution in [2.45, 2.75) is 26.1 Å². The van der Waals surface area contributed by atoms with E-state index in [2.05, 4.69) is 43.0 Å². The third kappa shape index (κ3) is 4.17. The number of likely N-dealkylation sites (N-methyl/N-ethyl adjacent to an activating group) is 1. The fourth-order valence-electron chi connectivity index (χ4n) is 2.56. The minimum Gasteiger partial charge on any atom is -0.494 e. The number of nitrogens with zero attached hydrogens (tertiary/aromatic N) is 1. The summed E-state index contributed by atoms with van der Waals surface area (Å²) >= 11 is 6.69. The lowest BCUT2D eigenvalue weighted by atomic mass is 10.1. The Hall–Kier alpha value is -1.67. The quantitative estimate of drug-likeness (QED) is 0.651. The van der Waals surface area contributed by atoms with Crippen molar-refractivity contribution in [2.75, 3.05) is 24.6 Å². The van der Waals surface area contributed by atoms with E-state index in [0.717, 1.165) is 24.4 Å². The third-order valence-electron chi connectivity index (χ3n) is 3.69. The lowest BCUT2D eigenvalue weighted by Crippen LogP contribution is -2.26.